The number of amides is 1. The maximum atomic E-state index is 13.5. The van der Waals surface area contributed by atoms with Crippen molar-refractivity contribution in [2.75, 3.05) is 27.2 Å². The number of hydrogen-bond donors (Lipinski definition) is 1. The fourth-order valence-corrected chi connectivity index (χ4v) is 5.22. The Morgan fingerprint density at radius 1 is 1.29 bits per heavy atom. The summed E-state index contributed by atoms with van der Waals surface area (Å²) in [6, 6.07) is 10.1. The van der Waals surface area contributed by atoms with Gasteiger partial charge in [0.1, 0.15) is 16.4 Å². The molecule has 8 heteroatoms. The van der Waals surface area contributed by atoms with Crippen molar-refractivity contribution >= 4 is 28.1 Å². The van der Waals surface area contributed by atoms with Crippen molar-refractivity contribution in [1.29, 1.82) is 0 Å². The second-order valence-electron chi connectivity index (χ2n) is 8.13. The van der Waals surface area contributed by atoms with Crippen molar-refractivity contribution in [2.24, 2.45) is 0 Å². The Balaban J connectivity index is 1.61. The first kappa shape index (κ1) is 19.8. The summed E-state index contributed by atoms with van der Waals surface area (Å²) in [6.45, 7) is 3.93. The third-order valence-corrected chi connectivity index (χ3v) is 7.11. The van der Waals surface area contributed by atoms with E-state index in [1.165, 1.54) is 11.3 Å². The van der Waals surface area contributed by atoms with Crippen molar-refractivity contribution in [3.05, 3.63) is 54.0 Å². The Bertz CT molecular complexity index is 1250. The molecule has 1 aliphatic heterocycles. The van der Waals surface area contributed by atoms with Crippen molar-refractivity contribution in [2.45, 2.75) is 19.4 Å². The van der Waals surface area contributed by atoms with E-state index in [1.807, 2.05) is 36.2 Å². The fourth-order valence-electron chi connectivity index (χ4n) is 4.17. The summed E-state index contributed by atoms with van der Waals surface area (Å²) in [5.41, 5.74) is 4.25. The molecular weight excluding hydrogens is 408 g/mol. The fraction of sp³-hybridized carbons (Fsp3) is 0.304. The summed E-state index contributed by atoms with van der Waals surface area (Å²) in [6.07, 6.45) is 4.49. The summed E-state index contributed by atoms with van der Waals surface area (Å²) >= 11 is 1.49. The van der Waals surface area contributed by atoms with Crippen LogP contribution in [0.15, 0.2) is 42.7 Å². The van der Waals surface area contributed by atoms with Crippen molar-refractivity contribution < 1.29 is 4.79 Å². The zero-order valence-electron chi connectivity index (χ0n) is 17.8. The van der Waals surface area contributed by atoms with E-state index in [0.717, 1.165) is 57.1 Å². The normalized spacial score (nSPS) is 16.8. The molecule has 4 heterocycles. The number of benzene rings is 1. The van der Waals surface area contributed by atoms with Gasteiger partial charge >= 0.3 is 0 Å². The molecule has 1 aromatic carbocycles. The van der Waals surface area contributed by atoms with Gasteiger partial charge in [-0.3, -0.25) is 14.9 Å². The van der Waals surface area contributed by atoms with Gasteiger partial charge in [0, 0.05) is 43.0 Å². The zero-order chi connectivity index (χ0) is 21.5. The van der Waals surface area contributed by atoms with Crippen molar-refractivity contribution in [1.82, 2.24) is 30.0 Å². The highest BCUT2D eigenvalue weighted by Crippen LogP contribution is 2.38. The number of H-pyrrole nitrogens is 1. The molecule has 0 radical (unpaired) electrons. The average Bonchev–Trinajstić information content (AvgIpc) is 3.51. The second kappa shape index (κ2) is 7.86. The summed E-state index contributed by atoms with van der Waals surface area (Å²) in [7, 11) is 3.97. The van der Waals surface area contributed by atoms with Crippen LogP contribution in [0.4, 0.5) is 0 Å². The largest absolute Gasteiger partial charge is 0.336 e. The maximum absolute atomic E-state index is 13.5. The Morgan fingerprint density at radius 2 is 2.16 bits per heavy atom. The molecule has 1 N–H and O–H groups in total. The molecule has 1 fully saturated rings. The molecule has 1 atom stereocenters. The van der Waals surface area contributed by atoms with Gasteiger partial charge in [-0.15, -0.1) is 11.3 Å². The summed E-state index contributed by atoms with van der Waals surface area (Å²) in [4.78, 5) is 27.5. The quantitative estimate of drug-likeness (QED) is 0.530. The molecule has 0 saturated carbocycles. The lowest BCUT2D eigenvalue weighted by Gasteiger charge is -2.24. The number of nitrogens with zero attached hydrogens (tertiary/aromatic N) is 5. The lowest BCUT2D eigenvalue weighted by atomic mass is 10.1. The third-order valence-electron chi connectivity index (χ3n) is 6.00. The number of fused-ring (bicyclic) bond motifs is 1. The van der Waals surface area contributed by atoms with Crippen LogP contribution in [0.3, 0.4) is 0 Å². The Hall–Kier alpha value is -3.10. The minimum absolute atomic E-state index is 0.0577. The summed E-state index contributed by atoms with van der Waals surface area (Å²) < 4.78 is 0. The number of nitrogens with one attached hydrogen (secondary N) is 1. The van der Waals surface area contributed by atoms with Crippen LogP contribution < -0.4 is 0 Å². The molecule has 0 bridgehead atoms. The first-order chi connectivity index (χ1) is 15.0. The molecule has 0 spiro atoms. The smallest absolute Gasteiger partial charge is 0.274 e. The number of aromatic nitrogens is 4. The molecule has 1 saturated heterocycles. The van der Waals surface area contributed by atoms with Crippen LogP contribution in [-0.4, -0.2) is 69.1 Å². The van der Waals surface area contributed by atoms with Crippen molar-refractivity contribution in [3.8, 4) is 21.1 Å². The number of aromatic amines is 1. The Kier molecular flexibility index (Phi) is 5.03. The molecule has 5 rings (SSSR count). The van der Waals surface area contributed by atoms with E-state index in [9.17, 15) is 4.79 Å². The van der Waals surface area contributed by atoms with E-state index in [0.29, 0.717) is 5.69 Å². The van der Waals surface area contributed by atoms with Crippen LogP contribution in [0, 0.1) is 6.92 Å². The van der Waals surface area contributed by atoms with E-state index >= 15 is 0 Å². The summed E-state index contributed by atoms with van der Waals surface area (Å²) in [5.74, 6) is -0.0577. The minimum atomic E-state index is -0.0577. The van der Waals surface area contributed by atoms with Gasteiger partial charge in [0.2, 0.25) is 0 Å². The van der Waals surface area contributed by atoms with Gasteiger partial charge < -0.3 is 9.80 Å². The van der Waals surface area contributed by atoms with E-state index < -0.39 is 0 Å². The molecule has 158 valence electrons. The standard InChI is InChI=1S/C23H24N6OS/c1-14-6-4-8-17-18(14)26-27-19(17)22-25-20(21(31-22)15-7-5-10-24-12-15)23(30)29(3)16-9-11-28(2)13-16/h4-8,10,12,16H,9,11,13H2,1-3H3,(H,26,27). The Labute approximate surface area is 184 Å². The molecule has 4 aromatic rings. The van der Waals surface area contributed by atoms with E-state index in [2.05, 4.69) is 40.1 Å². The third kappa shape index (κ3) is 3.51. The van der Waals surface area contributed by atoms with Gasteiger partial charge in [0.15, 0.2) is 0 Å². The predicted octanol–water partition coefficient (Wildman–Crippen LogP) is 3.83. The van der Waals surface area contributed by atoms with Crippen molar-refractivity contribution in [3.63, 3.8) is 0 Å². The topological polar surface area (TPSA) is 78.0 Å². The first-order valence-electron chi connectivity index (χ1n) is 10.3. The number of likely N-dealkylation sites (N-methyl/N-ethyl adjacent to an activating group) is 2. The number of likely N-dealkylation sites (tertiary alicyclic amines) is 1. The second-order valence-corrected chi connectivity index (χ2v) is 9.13. The maximum Gasteiger partial charge on any atom is 0.274 e. The van der Waals surface area contributed by atoms with Crippen LogP contribution in [0.1, 0.15) is 22.5 Å². The molecule has 1 unspecified atom stereocenters. The van der Waals surface area contributed by atoms with E-state index in [4.69, 9.17) is 4.98 Å². The predicted molar refractivity (Wildman–Crippen MR) is 123 cm³/mol. The molecule has 3 aromatic heterocycles. The molecular formula is C23H24N6OS. The number of carbonyl (C=O) groups is 1. The molecule has 1 aliphatic rings. The number of thiazole rings is 1. The van der Waals surface area contributed by atoms with E-state index in [-0.39, 0.29) is 11.9 Å². The highest BCUT2D eigenvalue weighted by molar-refractivity contribution is 7.18. The lowest BCUT2D eigenvalue weighted by Crippen LogP contribution is -2.38. The highest BCUT2D eigenvalue weighted by atomic mass is 32.1. The van der Waals surface area contributed by atoms with Crippen LogP contribution in [-0.2, 0) is 0 Å². The first-order valence-corrected chi connectivity index (χ1v) is 11.2. The number of rotatable bonds is 4. The van der Waals surface area contributed by atoms with Gasteiger partial charge in [-0.2, -0.15) is 5.10 Å². The van der Waals surface area contributed by atoms with Gasteiger partial charge in [0.25, 0.3) is 5.91 Å². The van der Waals surface area contributed by atoms with Gasteiger partial charge in [-0.05, 0) is 38.6 Å². The minimum Gasteiger partial charge on any atom is -0.336 e. The van der Waals surface area contributed by atoms with Crippen LogP contribution in [0.5, 0.6) is 0 Å². The number of aryl methyl sites for hydroxylation is 1. The molecule has 1 amide bonds. The van der Waals surface area contributed by atoms with Crippen LogP contribution in [0.2, 0.25) is 0 Å². The number of hydrogen-bond acceptors (Lipinski definition) is 6. The van der Waals surface area contributed by atoms with Gasteiger partial charge in [0.05, 0.1) is 10.4 Å². The van der Waals surface area contributed by atoms with Crippen LogP contribution >= 0.6 is 11.3 Å². The average molecular weight is 433 g/mol. The molecule has 0 aliphatic carbocycles. The number of carbonyl (C=O) groups excluding carboxylic acids is 1. The SMILES string of the molecule is Cc1cccc2c(-c3nc(C(=O)N(C)C4CCN(C)C4)c(-c4cccnc4)s3)n[nH]c12. The molecule has 7 nitrogen and oxygen atoms in total. The van der Waals surface area contributed by atoms with E-state index in [1.54, 1.807) is 12.4 Å². The Morgan fingerprint density at radius 3 is 2.90 bits per heavy atom. The zero-order valence-corrected chi connectivity index (χ0v) is 18.6. The monoisotopic (exact) mass is 432 g/mol. The number of para-hydroxylation sites is 1. The lowest BCUT2D eigenvalue weighted by molar-refractivity contribution is 0.0733. The number of pyridine rings is 1. The highest BCUT2D eigenvalue weighted by Gasteiger charge is 2.31. The van der Waals surface area contributed by atoms with Crippen LogP contribution in [0.25, 0.3) is 32.0 Å². The molecule has 31 heavy (non-hydrogen) atoms. The van der Waals surface area contributed by atoms with Gasteiger partial charge in [-0.1, -0.05) is 24.3 Å². The summed E-state index contributed by atoms with van der Waals surface area (Å²) in [5, 5.41) is 9.41. The van der Waals surface area contributed by atoms with Gasteiger partial charge in [-0.25, -0.2) is 4.98 Å².